The van der Waals surface area contributed by atoms with Crippen LogP contribution in [-0.2, 0) is 11.2 Å². The standard InChI is InChI=1S/C8H13N3O/c1-11(2)10-8(12)5-7-3-4-9-6-7/h3-4,6,9H,5H2,1-2H3,(H,10,12). The number of rotatable bonds is 3. The quantitative estimate of drug-likeness (QED) is 0.629. The molecule has 0 aliphatic carbocycles. The fourth-order valence-corrected chi connectivity index (χ4v) is 0.943. The molecule has 0 unspecified atom stereocenters. The fourth-order valence-electron chi connectivity index (χ4n) is 0.943. The molecule has 0 aliphatic heterocycles. The predicted molar refractivity (Wildman–Crippen MR) is 46.3 cm³/mol. The SMILES string of the molecule is CN(C)NC(=O)Cc1cc[nH]c1. The topological polar surface area (TPSA) is 48.1 Å². The third kappa shape index (κ3) is 2.75. The van der Waals surface area contributed by atoms with Crippen molar-refractivity contribution in [3.8, 4) is 0 Å². The first-order valence-electron chi connectivity index (χ1n) is 3.77. The number of carbonyl (C=O) groups is 1. The van der Waals surface area contributed by atoms with Crippen molar-refractivity contribution in [1.29, 1.82) is 0 Å². The van der Waals surface area contributed by atoms with Crippen LogP contribution in [0, 0.1) is 0 Å². The van der Waals surface area contributed by atoms with Crippen LogP contribution in [-0.4, -0.2) is 30.0 Å². The van der Waals surface area contributed by atoms with Crippen LogP contribution in [0.5, 0.6) is 0 Å². The third-order valence-electron chi connectivity index (χ3n) is 1.38. The number of hydrogen-bond donors (Lipinski definition) is 2. The number of nitrogens with zero attached hydrogens (tertiary/aromatic N) is 1. The van der Waals surface area contributed by atoms with Gasteiger partial charge in [0.1, 0.15) is 0 Å². The molecular weight excluding hydrogens is 154 g/mol. The number of H-pyrrole nitrogens is 1. The van der Waals surface area contributed by atoms with E-state index >= 15 is 0 Å². The van der Waals surface area contributed by atoms with E-state index in [-0.39, 0.29) is 5.91 Å². The zero-order valence-electron chi connectivity index (χ0n) is 7.29. The molecule has 12 heavy (non-hydrogen) atoms. The van der Waals surface area contributed by atoms with Gasteiger partial charge in [0.05, 0.1) is 6.42 Å². The monoisotopic (exact) mass is 167 g/mol. The maximum atomic E-state index is 11.2. The van der Waals surface area contributed by atoms with Gasteiger partial charge in [0.2, 0.25) is 5.91 Å². The van der Waals surface area contributed by atoms with Gasteiger partial charge in [-0.2, -0.15) is 0 Å². The average molecular weight is 167 g/mol. The number of carbonyl (C=O) groups excluding carboxylic acids is 1. The first-order chi connectivity index (χ1) is 5.68. The van der Waals surface area contributed by atoms with Gasteiger partial charge in [-0.25, -0.2) is 5.01 Å². The molecule has 0 aliphatic rings. The van der Waals surface area contributed by atoms with Gasteiger partial charge in [0, 0.05) is 26.5 Å². The van der Waals surface area contributed by atoms with Gasteiger partial charge in [0.15, 0.2) is 0 Å². The molecule has 4 heteroatoms. The van der Waals surface area contributed by atoms with Crippen LogP contribution in [0.1, 0.15) is 5.56 Å². The summed E-state index contributed by atoms with van der Waals surface area (Å²) in [7, 11) is 3.57. The molecule has 0 spiro atoms. The molecule has 0 saturated heterocycles. The van der Waals surface area contributed by atoms with Gasteiger partial charge in [-0.05, 0) is 11.6 Å². The number of aromatic nitrogens is 1. The summed E-state index contributed by atoms with van der Waals surface area (Å²) in [5.74, 6) is -0.000370. The minimum absolute atomic E-state index is 0.000370. The summed E-state index contributed by atoms with van der Waals surface area (Å²) in [5.41, 5.74) is 3.66. The van der Waals surface area contributed by atoms with Gasteiger partial charge < -0.3 is 4.98 Å². The molecule has 4 nitrogen and oxygen atoms in total. The van der Waals surface area contributed by atoms with Gasteiger partial charge in [0.25, 0.3) is 0 Å². The maximum Gasteiger partial charge on any atom is 0.238 e. The molecule has 1 heterocycles. The molecular formula is C8H13N3O. The number of amides is 1. The maximum absolute atomic E-state index is 11.2. The molecule has 1 aromatic heterocycles. The summed E-state index contributed by atoms with van der Waals surface area (Å²) in [5, 5.41) is 1.63. The van der Waals surface area contributed by atoms with Crippen molar-refractivity contribution in [3.63, 3.8) is 0 Å². The van der Waals surface area contributed by atoms with Crippen molar-refractivity contribution in [1.82, 2.24) is 15.4 Å². The summed E-state index contributed by atoms with van der Waals surface area (Å²) >= 11 is 0. The van der Waals surface area contributed by atoms with Gasteiger partial charge in [-0.15, -0.1) is 0 Å². The Kier molecular flexibility index (Phi) is 2.88. The molecule has 2 N–H and O–H groups in total. The number of nitrogens with one attached hydrogen (secondary N) is 2. The lowest BCUT2D eigenvalue weighted by Crippen LogP contribution is -2.37. The van der Waals surface area contributed by atoms with Crippen LogP contribution in [0.4, 0.5) is 0 Å². The van der Waals surface area contributed by atoms with E-state index in [1.54, 1.807) is 25.3 Å². The van der Waals surface area contributed by atoms with Crippen LogP contribution >= 0.6 is 0 Å². The van der Waals surface area contributed by atoms with E-state index in [2.05, 4.69) is 10.4 Å². The lowest BCUT2D eigenvalue weighted by molar-refractivity contribution is -0.124. The minimum atomic E-state index is -0.000370. The summed E-state index contributed by atoms with van der Waals surface area (Å²) in [6.07, 6.45) is 4.04. The lowest BCUT2D eigenvalue weighted by Gasteiger charge is -2.10. The zero-order valence-corrected chi connectivity index (χ0v) is 7.29. The number of hydrogen-bond acceptors (Lipinski definition) is 2. The van der Waals surface area contributed by atoms with Crippen LogP contribution in [0.25, 0.3) is 0 Å². The van der Waals surface area contributed by atoms with Crippen LogP contribution in [0.2, 0.25) is 0 Å². The second kappa shape index (κ2) is 3.92. The van der Waals surface area contributed by atoms with Crippen LogP contribution in [0.15, 0.2) is 18.5 Å². The zero-order chi connectivity index (χ0) is 8.97. The molecule has 1 rings (SSSR count). The fraction of sp³-hybridized carbons (Fsp3) is 0.375. The van der Waals surface area contributed by atoms with E-state index in [0.29, 0.717) is 6.42 Å². The van der Waals surface area contributed by atoms with Gasteiger partial charge in [-0.1, -0.05) is 0 Å². The Labute approximate surface area is 71.5 Å². The second-order valence-corrected chi connectivity index (χ2v) is 2.83. The summed E-state index contributed by atoms with van der Waals surface area (Å²) in [4.78, 5) is 14.0. The van der Waals surface area contributed by atoms with E-state index in [0.717, 1.165) is 5.56 Å². The highest BCUT2D eigenvalue weighted by Crippen LogP contribution is 1.96. The van der Waals surface area contributed by atoms with Crippen molar-refractivity contribution < 1.29 is 4.79 Å². The van der Waals surface area contributed by atoms with Crippen molar-refractivity contribution in [2.75, 3.05) is 14.1 Å². The normalized spacial score (nSPS) is 10.2. The first kappa shape index (κ1) is 8.80. The molecule has 0 bridgehead atoms. The van der Waals surface area contributed by atoms with Crippen molar-refractivity contribution in [2.24, 2.45) is 0 Å². The van der Waals surface area contributed by atoms with Crippen molar-refractivity contribution in [2.45, 2.75) is 6.42 Å². The van der Waals surface area contributed by atoms with E-state index in [1.165, 1.54) is 0 Å². The van der Waals surface area contributed by atoms with E-state index < -0.39 is 0 Å². The molecule has 0 atom stereocenters. The smallest absolute Gasteiger partial charge is 0.238 e. The summed E-state index contributed by atoms with van der Waals surface area (Å²) in [6.45, 7) is 0. The van der Waals surface area contributed by atoms with Gasteiger partial charge >= 0.3 is 0 Å². The van der Waals surface area contributed by atoms with Crippen LogP contribution in [0.3, 0.4) is 0 Å². The summed E-state index contributed by atoms with van der Waals surface area (Å²) in [6, 6.07) is 1.88. The summed E-state index contributed by atoms with van der Waals surface area (Å²) < 4.78 is 0. The Hall–Kier alpha value is -1.29. The molecule has 0 fully saturated rings. The van der Waals surface area contributed by atoms with Crippen LogP contribution < -0.4 is 5.43 Å². The predicted octanol–water partition coefficient (Wildman–Crippen LogP) is 0.150. The van der Waals surface area contributed by atoms with E-state index in [9.17, 15) is 4.79 Å². The molecule has 0 saturated carbocycles. The Morgan fingerprint density at radius 2 is 2.42 bits per heavy atom. The number of aromatic amines is 1. The Morgan fingerprint density at radius 1 is 1.67 bits per heavy atom. The Morgan fingerprint density at radius 3 is 2.92 bits per heavy atom. The minimum Gasteiger partial charge on any atom is -0.367 e. The highest BCUT2D eigenvalue weighted by Gasteiger charge is 2.02. The molecule has 66 valence electrons. The first-order valence-corrected chi connectivity index (χ1v) is 3.77. The Bertz CT molecular complexity index is 241. The van der Waals surface area contributed by atoms with Gasteiger partial charge in [-0.3, -0.25) is 10.2 Å². The van der Waals surface area contributed by atoms with E-state index in [1.807, 2.05) is 12.3 Å². The average Bonchev–Trinajstić information content (AvgIpc) is 2.37. The highest BCUT2D eigenvalue weighted by molar-refractivity contribution is 5.77. The highest BCUT2D eigenvalue weighted by atomic mass is 16.2. The molecule has 0 radical (unpaired) electrons. The number of hydrazine groups is 1. The van der Waals surface area contributed by atoms with Crippen molar-refractivity contribution >= 4 is 5.91 Å². The largest absolute Gasteiger partial charge is 0.367 e. The Balaban J connectivity index is 2.37. The van der Waals surface area contributed by atoms with E-state index in [4.69, 9.17) is 0 Å². The third-order valence-corrected chi connectivity index (χ3v) is 1.38. The second-order valence-electron chi connectivity index (χ2n) is 2.83. The lowest BCUT2D eigenvalue weighted by atomic mass is 10.2. The molecule has 1 amide bonds. The van der Waals surface area contributed by atoms with Crippen molar-refractivity contribution in [3.05, 3.63) is 24.0 Å². The molecule has 1 aromatic rings. The molecule has 0 aromatic carbocycles.